The van der Waals surface area contributed by atoms with Crippen LogP contribution in [0.4, 0.5) is 0 Å². The molecule has 0 saturated heterocycles. The molecule has 0 saturated carbocycles. The number of fused-ring (bicyclic) bond motifs is 2. The highest BCUT2D eigenvalue weighted by atomic mass is 16.5. The summed E-state index contributed by atoms with van der Waals surface area (Å²) in [5.74, 6) is 0.714. The molecule has 0 bridgehead atoms. The standard InChI is InChI=1S/C19H14N6O2/c1-11-13-9-22-18(17-20-7-4-8-21-17)23-14(13)10-25(11)19(26)16-12-5-2-3-6-15(12)27-24-16/h2-9,11H,10H2,1H3. The van der Waals surface area contributed by atoms with Crippen molar-refractivity contribution in [1.82, 2.24) is 30.0 Å². The zero-order valence-corrected chi connectivity index (χ0v) is 14.4. The Morgan fingerprint density at radius 3 is 2.78 bits per heavy atom. The second kappa shape index (κ2) is 5.94. The van der Waals surface area contributed by atoms with Gasteiger partial charge in [0.05, 0.1) is 23.7 Å². The molecule has 0 aliphatic carbocycles. The molecule has 1 atom stereocenters. The van der Waals surface area contributed by atoms with Gasteiger partial charge in [-0.1, -0.05) is 17.3 Å². The van der Waals surface area contributed by atoms with Crippen molar-refractivity contribution in [3.8, 4) is 11.6 Å². The Morgan fingerprint density at radius 1 is 1.11 bits per heavy atom. The quantitative estimate of drug-likeness (QED) is 0.543. The van der Waals surface area contributed by atoms with Crippen LogP contribution in [0.15, 0.2) is 53.4 Å². The van der Waals surface area contributed by atoms with Gasteiger partial charge >= 0.3 is 0 Å². The predicted molar refractivity (Wildman–Crippen MR) is 95.4 cm³/mol. The second-order valence-corrected chi connectivity index (χ2v) is 6.30. The van der Waals surface area contributed by atoms with Gasteiger partial charge in [-0.3, -0.25) is 4.79 Å². The normalized spacial score (nSPS) is 15.9. The maximum Gasteiger partial charge on any atom is 0.277 e. The Hall–Kier alpha value is -3.68. The molecule has 27 heavy (non-hydrogen) atoms. The van der Waals surface area contributed by atoms with Crippen LogP contribution < -0.4 is 0 Å². The molecule has 0 fully saturated rings. The minimum atomic E-state index is -0.192. The van der Waals surface area contributed by atoms with Crippen molar-refractivity contribution < 1.29 is 9.32 Å². The Labute approximate surface area is 153 Å². The van der Waals surface area contributed by atoms with E-state index in [1.165, 1.54) is 0 Å². The van der Waals surface area contributed by atoms with Gasteiger partial charge in [-0.2, -0.15) is 0 Å². The Kier molecular flexibility index (Phi) is 3.43. The van der Waals surface area contributed by atoms with Crippen LogP contribution >= 0.6 is 0 Å². The first-order valence-electron chi connectivity index (χ1n) is 8.51. The molecule has 1 unspecified atom stereocenters. The summed E-state index contributed by atoms with van der Waals surface area (Å²) in [4.78, 5) is 32.1. The average molecular weight is 358 g/mol. The molecule has 5 rings (SSSR count). The molecule has 1 aliphatic heterocycles. The first kappa shape index (κ1) is 15.6. The summed E-state index contributed by atoms with van der Waals surface area (Å²) < 4.78 is 5.28. The van der Waals surface area contributed by atoms with Gasteiger partial charge in [-0.15, -0.1) is 0 Å². The van der Waals surface area contributed by atoms with Crippen molar-refractivity contribution in [1.29, 1.82) is 0 Å². The summed E-state index contributed by atoms with van der Waals surface area (Å²) in [7, 11) is 0. The number of aromatic nitrogens is 5. The smallest absolute Gasteiger partial charge is 0.277 e. The minimum Gasteiger partial charge on any atom is -0.355 e. The lowest BCUT2D eigenvalue weighted by Gasteiger charge is -2.20. The highest BCUT2D eigenvalue weighted by Crippen LogP contribution is 2.34. The van der Waals surface area contributed by atoms with Gasteiger partial charge in [0.1, 0.15) is 0 Å². The van der Waals surface area contributed by atoms with E-state index >= 15 is 0 Å². The van der Waals surface area contributed by atoms with E-state index in [-0.39, 0.29) is 11.9 Å². The van der Waals surface area contributed by atoms with E-state index in [1.807, 2.05) is 25.1 Å². The molecule has 4 aromatic rings. The van der Waals surface area contributed by atoms with E-state index in [0.717, 1.165) is 11.3 Å². The number of carbonyl (C=O) groups is 1. The topological polar surface area (TPSA) is 97.9 Å². The van der Waals surface area contributed by atoms with Crippen LogP contribution in [0, 0.1) is 0 Å². The molecular formula is C19H14N6O2. The van der Waals surface area contributed by atoms with E-state index in [4.69, 9.17) is 4.52 Å². The molecule has 4 heterocycles. The molecular weight excluding hydrogens is 344 g/mol. The van der Waals surface area contributed by atoms with Crippen molar-refractivity contribution in [2.24, 2.45) is 0 Å². The molecule has 132 valence electrons. The van der Waals surface area contributed by atoms with E-state index in [2.05, 4.69) is 25.1 Å². The highest BCUT2D eigenvalue weighted by Gasteiger charge is 2.35. The number of carbonyl (C=O) groups excluding carboxylic acids is 1. The Balaban J connectivity index is 1.49. The lowest BCUT2D eigenvalue weighted by atomic mass is 10.1. The molecule has 0 radical (unpaired) electrons. The van der Waals surface area contributed by atoms with Crippen molar-refractivity contribution in [3.05, 3.63) is 65.9 Å². The van der Waals surface area contributed by atoms with Crippen LogP contribution in [-0.4, -0.2) is 35.9 Å². The predicted octanol–water partition coefficient (Wildman–Crippen LogP) is 2.79. The van der Waals surface area contributed by atoms with Gasteiger partial charge in [0, 0.05) is 24.2 Å². The molecule has 8 nitrogen and oxygen atoms in total. The first-order valence-corrected chi connectivity index (χ1v) is 8.51. The first-order chi connectivity index (χ1) is 13.2. The number of benzene rings is 1. The van der Waals surface area contributed by atoms with Crippen LogP contribution in [0.5, 0.6) is 0 Å². The van der Waals surface area contributed by atoms with Gasteiger partial charge < -0.3 is 9.42 Å². The lowest BCUT2D eigenvalue weighted by molar-refractivity contribution is 0.0695. The van der Waals surface area contributed by atoms with E-state index < -0.39 is 0 Å². The van der Waals surface area contributed by atoms with Crippen LogP contribution in [0.25, 0.3) is 22.6 Å². The summed E-state index contributed by atoms with van der Waals surface area (Å²) in [6, 6.07) is 8.90. The number of para-hydroxylation sites is 1. The average Bonchev–Trinajstić information content (AvgIpc) is 3.29. The molecule has 3 aromatic heterocycles. The van der Waals surface area contributed by atoms with Gasteiger partial charge in [-0.25, -0.2) is 19.9 Å². The Morgan fingerprint density at radius 2 is 1.93 bits per heavy atom. The lowest BCUT2D eigenvalue weighted by Crippen LogP contribution is -2.28. The maximum atomic E-state index is 13.1. The van der Waals surface area contributed by atoms with Crippen LogP contribution in [0.3, 0.4) is 0 Å². The third-order valence-electron chi connectivity index (χ3n) is 4.74. The fraction of sp³-hybridized carbons (Fsp3) is 0.158. The number of hydrogen-bond donors (Lipinski definition) is 0. The molecule has 1 aromatic carbocycles. The van der Waals surface area contributed by atoms with E-state index in [1.54, 1.807) is 35.6 Å². The zero-order chi connectivity index (χ0) is 18.4. The number of rotatable bonds is 2. The molecule has 0 spiro atoms. The second-order valence-electron chi connectivity index (χ2n) is 6.30. The largest absolute Gasteiger partial charge is 0.355 e. The van der Waals surface area contributed by atoms with Gasteiger partial charge in [-0.05, 0) is 25.1 Å². The van der Waals surface area contributed by atoms with Crippen molar-refractivity contribution in [2.45, 2.75) is 19.5 Å². The van der Waals surface area contributed by atoms with E-state index in [0.29, 0.717) is 34.9 Å². The monoisotopic (exact) mass is 358 g/mol. The van der Waals surface area contributed by atoms with Crippen LogP contribution in [0.2, 0.25) is 0 Å². The molecule has 1 aliphatic rings. The number of nitrogens with zero attached hydrogens (tertiary/aromatic N) is 6. The SMILES string of the molecule is CC1c2cnc(-c3ncccn3)nc2CN1C(=O)c1noc2ccccc12. The Bertz CT molecular complexity index is 1160. The zero-order valence-electron chi connectivity index (χ0n) is 14.4. The number of amides is 1. The molecule has 0 N–H and O–H groups in total. The molecule has 8 heteroatoms. The molecule has 1 amide bonds. The van der Waals surface area contributed by atoms with Crippen molar-refractivity contribution in [3.63, 3.8) is 0 Å². The summed E-state index contributed by atoms with van der Waals surface area (Å²) in [6.07, 6.45) is 5.03. The van der Waals surface area contributed by atoms with Crippen molar-refractivity contribution in [2.75, 3.05) is 0 Å². The van der Waals surface area contributed by atoms with Gasteiger partial charge in [0.15, 0.2) is 22.9 Å². The fourth-order valence-corrected chi connectivity index (χ4v) is 3.31. The third kappa shape index (κ3) is 2.45. The third-order valence-corrected chi connectivity index (χ3v) is 4.74. The summed E-state index contributed by atoms with van der Waals surface area (Å²) in [5, 5.41) is 4.68. The van der Waals surface area contributed by atoms with Gasteiger partial charge in [0.2, 0.25) is 0 Å². The maximum absolute atomic E-state index is 13.1. The van der Waals surface area contributed by atoms with E-state index in [9.17, 15) is 4.79 Å². The fourth-order valence-electron chi connectivity index (χ4n) is 3.31. The highest BCUT2D eigenvalue weighted by molar-refractivity contribution is 6.04. The number of hydrogen-bond acceptors (Lipinski definition) is 7. The van der Waals surface area contributed by atoms with Crippen molar-refractivity contribution >= 4 is 16.9 Å². The minimum absolute atomic E-state index is 0.159. The van der Waals surface area contributed by atoms with Crippen LogP contribution in [0.1, 0.15) is 34.7 Å². The van der Waals surface area contributed by atoms with Crippen LogP contribution in [-0.2, 0) is 6.54 Å². The van der Waals surface area contributed by atoms with Gasteiger partial charge in [0.25, 0.3) is 5.91 Å². The summed E-state index contributed by atoms with van der Waals surface area (Å²) >= 11 is 0. The summed E-state index contributed by atoms with van der Waals surface area (Å²) in [5.41, 5.74) is 2.61. The summed E-state index contributed by atoms with van der Waals surface area (Å²) in [6.45, 7) is 2.33.